The molecule has 2 amide bonds. The summed E-state index contributed by atoms with van der Waals surface area (Å²) in [5.74, 6) is -1.13. The van der Waals surface area contributed by atoms with Gasteiger partial charge in [0.15, 0.2) is 0 Å². The van der Waals surface area contributed by atoms with E-state index < -0.39 is 29.8 Å². The van der Waals surface area contributed by atoms with E-state index in [2.05, 4.69) is 5.32 Å². The van der Waals surface area contributed by atoms with Gasteiger partial charge in [0, 0.05) is 6.54 Å². The van der Waals surface area contributed by atoms with Crippen molar-refractivity contribution in [3.05, 3.63) is 59.7 Å². The molecule has 8 nitrogen and oxygen atoms in total. The van der Waals surface area contributed by atoms with Crippen LogP contribution in [0.3, 0.4) is 0 Å². The maximum atomic E-state index is 12.8. The van der Waals surface area contributed by atoms with E-state index in [0.717, 1.165) is 22.3 Å². The Labute approximate surface area is 199 Å². The van der Waals surface area contributed by atoms with E-state index in [9.17, 15) is 19.5 Å². The van der Waals surface area contributed by atoms with E-state index in [4.69, 9.17) is 9.47 Å². The van der Waals surface area contributed by atoms with Gasteiger partial charge >= 0.3 is 18.2 Å². The molecular weight excluding hydrogens is 436 g/mol. The van der Waals surface area contributed by atoms with E-state index in [0.29, 0.717) is 19.4 Å². The van der Waals surface area contributed by atoms with Crippen LogP contribution in [0.15, 0.2) is 48.5 Å². The normalized spacial score (nSPS) is 13.4. The highest BCUT2D eigenvalue weighted by atomic mass is 16.6. The molecule has 0 spiro atoms. The number of carboxylic acid groups (broad SMARTS) is 1. The van der Waals surface area contributed by atoms with Crippen molar-refractivity contribution >= 4 is 18.2 Å². The minimum Gasteiger partial charge on any atom is -0.480 e. The van der Waals surface area contributed by atoms with Gasteiger partial charge in [0.05, 0.1) is 13.2 Å². The summed E-state index contributed by atoms with van der Waals surface area (Å²) in [5.41, 5.74) is 3.52. The van der Waals surface area contributed by atoms with Gasteiger partial charge in [-0.1, -0.05) is 48.5 Å². The van der Waals surface area contributed by atoms with Crippen molar-refractivity contribution in [1.82, 2.24) is 10.2 Å². The fraction of sp³-hybridized carbons (Fsp3) is 0.423. The van der Waals surface area contributed by atoms with E-state index in [1.54, 1.807) is 25.7 Å². The summed E-state index contributed by atoms with van der Waals surface area (Å²) in [4.78, 5) is 38.0. The molecule has 0 fully saturated rings. The summed E-state index contributed by atoms with van der Waals surface area (Å²) in [6.07, 6.45) is 0.0152. The Morgan fingerprint density at radius 2 is 1.56 bits per heavy atom. The van der Waals surface area contributed by atoms with Gasteiger partial charge < -0.3 is 19.9 Å². The van der Waals surface area contributed by atoms with Crippen molar-refractivity contribution < 1.29 is 29.0 Å². The lowest BCUT2D eigenvalue weighted by Crippen LogP contribution is -2.43. The van der Waals surface area contributed by atoms with Crippen molar-refractivity contribution in [3.8, 4) is 11.1 Å². The smallest absolute Gasteiger partial charge is 0.410 e. The number of alkyl carbamates (subject to hydrolysis) is 1. The first-order valence-electron chi connectivity index (χ1n) is 11.4. The first-order valence-corrected chi connectivity index (χ1v) is 11.4. The molecule has 0 unspecified atom stereocenters. The average molecular weight is 469 g/mol. The van der Waals surface area contributed by atoms with Crippen molar-refractivity contribution in [2.75, 3.05) is 13.7 Å². The predicted octanol–water partition coefficient (Wildman–Crippen LogP) is 4.97. The second-order valence-electron chi connectivity index (χ2n) is 9.27. The lowest BCUT2D eigenvalue weighted by molar-refractivity contribution is -0.139. The Morgan fingerprint density at radius 1 is 1.00 bits per heavy atom. The van der Waals surface area contributed by atoms with Crippen LogP contribution in [0.4, 0.5) is 9.59 Å². The number of carboxylic acids is 1. The maximum absolute atomic E-state index is 12.8. The SMILES string of the molecule is COC(=O)N(CCCC[C@@H](NC(=O)OC(C)(C)C)C(=O)O)C1c2ccccc2-c2ccccc21. The Kier molecular flexibility index (Phi) is 7.81. The highest BCUT2D eigenvalue weighted by molar-refractivity contribution is 5.81. The third kappa shape index (κ3) is 5.87. The maximum Gasteiger partial charge on any atom is 0.410 e. The van der Waals surface area contributed by atoms with Crippen molar-refractivity contribution in [2.24, 2.45) is 0 Å². The lowest BCUT2D eigenvalue weighted by atomic mass is 10.0. The highest BCUT2D eigenvalue weighted by Crippen LogP contribution is 2.46. The molecule has 2 N–H and O–H groups in total. The number of aliphatic carboxylic acids is 1. The van der Waals surface area contributed by atoms with Crippen LogP contribution in [0.5, 0.6) is 0 Å². The van der Waals surface area contributed by atoms with E-state index in [1.165, 1.54) is 7.11 Å². The van der Waals surface area contributed by atoms with Crippen LogP contribution >= 0.6 is 0 Å². The minimum atomic E-state index is -1.13. The Hall–Kier alpha value is -3.55. The molecule has 1 aliphatic rings. The zero-order chi connectivity index (χ0) is 24.9. The Bertz CT molecular complexity index is 1000. The molecular formula is C26H32N2O6. The number of nitrogens with zero attached hydrogens (tertiary/aromatic N) is 1. The lowest BCUT2D eigenvalue weighted by Gasteiger charge is -2.29. The molecule has 0 radical (unpaired) electrons. The summed E-state index contributed by atoms with van der Waals surface area (Å²) >= 11 is 0. The van der Waals surface area contributed by atoms with Crippen LogP contribution in [0.1, 0.15) is 57.2 Å². The number of unbranched alkanes of at least 4 members (excludes halogenated alkanes) is 1. The number of carbonyl (C=O) groups excluding carboxylic acids is 2. The van der Waals surface area contributed by atoms with Crippen LogP contribution in [0, 0.1) is 0 Å². The monoisotopic (exact) mass is 468 g/mol. The molecule has 34 heavy (non-hydrogen) atoms. The van der Waals surface area contributed by atoms with Gasteiger partial charge in [0.2, 0.25) is 0 Å². The number of amides is 2. The van der Waals surface area contributed by atoms with E-state index in [1.807, 2.05) is 48.5 Å². The summed E-state index contributed by atoms with van der Waals surface area (Å²) in [6.45, 7) is 5.51. The fourth-order valence-electron chi connectivity index (χ4n) is 4.25. The molecule has 182 valence electrons. The van der Waals surface area contributed by atoms with Crippen LogP contribution in [-0.4, -0.2) is 53.5 Å². The number of nitrogens with one attached hydrogen (secondary N) is 1. The van der Waals surface area contributed by atoms with Crippen molar-refractivity contribution in [2.45, 2.75) is 57.7 Å². The van der Waals surface area contributed by atoms with Crippen LogP contribution < -0.4 is 5.32 Å². The molecule has 1 atom stereocenters. The molecule has 8 heteroatoms. The second-order valence-corrected chi connectivity index (χ2v) is 9.27. The quantitative estimate of drug-likeness (QED) is 0.530. The number of benzene rings is 2. The van der Waals surface area contributed by atoms with Crippen LogP contribution in [0.2, 0.25) is 0 Å². The van der Waals surface area contributed by atoms with Gasteiger partial charge in [-0.2, -0.15) is 0 Å². The number of fused-ring (bicyclic) bond motifs is 3. The summed E-state index contributed by atoms with van der Waals surface area (Å²) in [7, 11) is 1.35. The van der Waals surface area contributed by atoms with E-state index >= 15 is 0 Å². The first-order chi connectivity index (χ1) is 16.1. The summed E-state index contributed by atoms with van der Waals surface area (Å²) in [5, 5.41) is 11.9. The Morgan fingerprint density at radius 3 is 2.06 bits per heavy atom. The van der Waals surface area contributed by atoms with Crippen LogP contribution in [-0.2, 0) is 14.3 Å². The zero-order valence-electron chi connectivity index (χ0n) is 20.0. The number of hydrogen-bond acceptors (Lipinski definition) is 5. The highest BCUT2D eigenvalue weighted by Gasteiger charge is 2.35. The van der Waals surface area contributed by atoms with Gasteiger partial charge in [-0.15, -0.1) is 0 Å². The van der Waals surface area contributed by atoms with Gasteiger partial charge in [-0.25, -0.2) is 14.4 Å². The molecule has 0 aromatic heterocycles. The number of methoxy groups -OCH3 is 1. The van der Waals surface area contributed by atoms with Crippen molar-refractivity contribution in [3.63, 3.8) is 0 Å². The number of hydrogen-bond donors (Lipinski definition) is 2. The largest absolute Gasteiger partial charge is 0.480 e. The zero-order valence-corrected chi connectivity index (χ0v) is 20.0. The molecule has 2 aromatic carbocycles. The fourth-order valence-corrected chi connectivity index (χ4v) is 4.25. The van der Waals surface area contributed by atoms with Gasteiger partial charge in [-0.05, 0) is 62.3 Å². The molecule has 0 aliphatic heterocycles. The summed E-state index contributed by atoms with van der Waals surface area (Å²) < 4.78 is 10.2. The van der Waals surface area contributed by atoms with Gasteiger partial charge in [0.25, 0.3) is 0 Å². The molecule has 0 heterocycles. The third-order valence-electron chi connectivity index (χ3n) is 5.65. The minimum absolute atomic E-state index is 0.210. The van der Waals surface area contributed by atoms with Gasteiger partial charge in [0.1, 0.15) is 11.6 Å². The van der Waals surface area contributed by atoms with Gasteiger partial charge in [-0.3, -0.25) is 4.90 Å². The Balaban J connectivity index is 1.69. The number of ether oxygens (including phenoxy) is 2. The van der Waals surface area contributed by atoms with Crippen molar-refractivity contribution in [1.29, 1.82) is 0 Å². The number of carbonyl (C=O) groups is 3. The second kappa shape index (κ2) is 10.6. The number of rotatable bonds is 8. The molecule has 1 aliphatic carbocycles. The molecule has 3 rings (SSSR count). The third-order valence-corrected chi connectivity index (χ3v) is 5.65. The predicted molar refractivity (Wildman–Crippen MR) is 127 cm³/mol. The summed E-state index contributed by atoms with van der Waals surface area (Å²) in [6, 6.07) is 14.6. The standard InChI is InChI=1S/C26H32N2O6/c1-26(2,3)34-24(31)27-21(23(29)30)15-9-10-16-28(25(32)33-4)22-19-13-7-5-11-17(19)18-12-6-8-14-20(18)22/h5-8,11-14,21-22H,9-10,15-16H2,1-4H3,(H,27,31)(H,29,30)/t21-/m1/s1. The van der Waals surface area contributed by atoms with Crippen LogP contribution in [0.25, 0.3) is 11.1 Å². The van der Waals surface area contributed by atoms with E-state index in [-0.39, 0.29) is 12.5 Å². The average Bonchev–Trinajstić information content (AvgIpc) is 3.11. The molecule has 0 bridgehead atoms. The molecule has 0 saturated carbocycles. The first kappa shape index (κ1) is 25.1. The topological polar surface area (TPSA) is 105 Å². The molecule has 2 aromatic rings. The molecule has 0 saturated heterocycles.